The van der Waals surface area contributed by atoms with Crippen molar-refractivity contribution in [3.8, 4) is 0 Å². The predicted molar refractivity (Wildman–Crippen MR) is 59.6 cm³/mol. The van der Waals surface area contributed by atoms with E-state index in [9.17, 15) is 0 Å². The fraction of sp³-hybridized carbons (Fsp3) is 0.818. The van der Waals surface area contributed by atoms with Crippen molar-refractivity contribution in [2.45, 2.75) is 57.5 Å². The summed E-state index contributed by atoms with van der Waals surface area (Å²) in [5.41, 5.74) is 5.91. The van der Waals surface area contributed by atoms with Crippen LogP contribution in [0, 0.1) is 0 Å². The SMILES string of the molecule is CC(C)n1cnnc1C1CCC(N)CC1. The molecule has 84 valence electrons. The molecule has 0 aromatic carbocycles. The maximum atomic E-state index is 5.91. The summed E-state index contributed by atoms with van der Waals surface area (Å²) >= 11 is 0. The molecule has 0 spiro atoms. The molecule has 1 heterocycles. The van der Waals surface area contributed by atoms with E-state index in [2.05, 4.69) is 28.6 Å². The van der Waals surface area contributed by atoms with E-state index in [1.165, 1.54) is 0 Å². The Hall–Kier alpha value is -0.900. The van der Waals surface area contributed by atoms with Gasteiger partial charge in [-0.1, -0.05) is 0 Å². The van der Waals surface area contributed by atoms with E-state index >= 15 is 0 Å². The lowest BCUT2D eigenvalue weighted by atomic mass is 9.86. The van der Waals surface area contributed by atoms with E-state index in [0.29, 0.717) is 18.0 Å². The zero-order valence-electron chi connectivity index (χ0n) is 9.56. The highest BCUT2D eigenvalue weighted by atomic mass is 15.3. The molecule has 1 aromatic rings. The van der Waals surface area contributed by atoms with Gasteiger partial charge < -0.3 is 10.3 Å². The number of nitrogens with two attached hydrogens (primary N) is 1. The van der Waals surface area contributed by atoms with Gasteiger partial charge in [0.2, 0.25) is 0 Å². The van der Waals surface area contributed by atoms with E-state index in [1.54, 1.807) is 0 Å². The topological polar surface area (TPSA) is 56.7 Å². The van der Waals surface area contributed by atoms with Crippen molar-refractivity contribution < 1.29 is 0 Å². The van der Waals surface area contributed by atoms with Crippen LogP contribution in [0.3, 0.4) is 0 Å². The lowest BCUT2D eigenvalue weighted by Gasteiger charge is -2.26. The normalized spacial score (nSPS) is 27.2. The van der Waals surface area contributed by atoms with Crippen LogP contribution in [-0.4, -0.2) is 20.8 Å². The molecular weight excluding hydrogens is 188 g/mol. The van der Waals surface area contributed by atoms with Gasteiger partial charge in [0.1, 0.15) is 12.2 Å². The zero-order valence-corrected chi connectivity index (χ0v) is 9.56. The van der Waals surface area contributed by atoms with Crippen molar-refractivity contribution >= 4 is 0 Å². The second-order valence-corrected chi connectivity index (χ2v) is 4.80. The Kier molecular flexibility index (Phi) is 3.05. The summed E-state index contributed by atoms with van der Waals surface area (Å²) in [4.78, 5) is 0. The molecule has 4 heteroatoms. The number of hydrogen-bond acceptors (Lipinski definition) is 3. The van der Waals surface area contributed by atoms with Crippen LogP contribution in [-0.2, 0) is 0 Å². The van der Waals surface area contributed by atoms with Crippen molar-refractivity contribution in [2.24, 2.45) is 5.73 Å². The van der Waals surface area contributed by atoms with Gasteiger partial charge in [-0.25, -0.2) is 0 Å². The molecule has 0 aliphatic heterocycles. The molecule has 15 heavy (non-hydrogen) atoms. The molecule has 0 amide bonds. The Morgan fingerprint density at radius 2 is 2.00 bits per heavy atom. The Bertz CT molecular complexity index is 310. The Morgan fingerprint density at radius 3 is 2.60 bits per heavy atom. The first kappa shape index (κ1) is 10.6. The van der Waals surface area contributed by atoms with Crippen LogP contribution in [0.4, 0.5) is 0 Å². The molecule has 4 nitrogen and oxygen atoms in total. The summed E-state index contributed by atoms with van der Waals surface area (Å²) in [7, 11) is 0. The third kappa shape index (κ3) is 2.20. The first-order valence-electron chi connectivity index (χ1n) is 5.83. The standard InChI is InChI=1S/C11H20N4/c1-8(2)15-7-13-14-11(15)9-3-5-10(12)6-4-9/h7-10H,3-6,12H2,1-2H3. The molecule has 1 aromatic heterocycles. The summed E-state index contributed by atoms with van der Waals surface area (Å²) in [5.74, 6) is 1.71. The van der Waals surface area contributed by atoms with Crippen LogP contribution < -0.4 is 5.73 Å². The average molecular weight is 208 g/mol. The highest BCUT2D eigenvalue weighted by Crippen LogP contribution is 2.31. The lowest BCUT2D eigenvalue weighted by Crippen LogP contribution is -2.27. The molecule has 1 fully saturated rings. The summed E-state index contributed by atoms with van der Waals surface area (Å²) in [6.07, 6.45) is 6.40. The molecule has 1 aliphatic carbocycles. The molecule has 2 rings (SSSR count). The van der Waals surface area contributed by atoms with Gasteiger partial charge in [-0.3, -0.25) is 0 Å². The van der Waals surface area contributed by atoms with Crippen molar-refractivity contribution in [3.63, 3.8) is 0 Å². The number of rotatable bonds is 2. The lowest BCUT2D eigenvalue weighted by molar-refractivity contribution is 0.370. The molecule has 0 saturated heterocycles. The van der Waals surface area contributed by atoms with Gasteiger partial charge in [0.05, 0.1) is 0 Å². The molecule has 0 atom stereocenters. The first-order chi connectivity index (χ1) is 7.18. The van der Waals surface area contributed by atoms with E-state index in [4.69, 9.17) is 5.73 Å². The summed E-state index contributed by atoms with van der Waals surface area (Å²) < 4.78 is 2.18. The Morgan fingerprint density at radius 1 is 1.33 bits per heavy atom. The van der Waals surface area contributed by atoms with Gasteiger partial charge >= 0.3 is 0 Å². The monoisotopic (exact) mass is 208 g/mol. The maximum Gasteiger partial charge on any atom is 0.136 e. The van der Waals surface area contributed by atoms with Crippen LogP contribution in [0.1, 0.15) is 57.3 Å². The zero-order chi connectivity index (χ0) is 10.8. The largest absolute Gasteiger partial charge is 0.328 e. The molecule has 0 radical (unpaired) electrons. The van der Waals surface area contributed by atoms with Crippen molar-refractivity contribution in [1.29, 1.82) is 0 Å². The van der Waals surface area contributed by atoms with Gasteiger partial charge in [0, 0.05) is 18.0 Å². The van der Waals surface area contributed by atoms with Crippen LogP contribution in [0.5, 0.6) is 0 Å². The Labute approximate surface area is 90.9 Å². The fourth-order valence-electron chi connectivity index (χ4n) is 2.32. The Balaban J connectivity index is 2.12. The van der Waals surface area contributed by atoms with Crippen molar-refractivity contribution in [2.75, 3.05) is 0 Å². The van der Waals surface area contributed by atoms with E-state index in [0.717, 1.165) is 31.5 Å². The van der Waals surface area contributed by atoms with Crippen LogP contribution in [0.15, 0.2) is 6.33 Å². The quantitative estimate of drug-likeness (QED) is 0.807. The molecule has 2 N–H and O–H groups in total. The molecule has 1 aliphatic rings. The maximum absolute atomic E-state index is 5.91. The van der Waals surface area contributed by atoms with Gasteiger partial charge in [0.25, 0.3) is 0 Å². The van der Waals surface area contributed by atoms with E-state index < -0.39 is 0 Å². The second-order valence-electron chi connectivity index (χ2n) is 4.80. The third-order valence-corrected chi connectivity index (χ3v) is 3.29. The molecular formula is C11H20N4. The molecule has 1 saturated carbocycles. The minimum Gasteiger partial charge on any atom is -0.328 e. The molecule has 0 bridgehead atoms. The summed E-state index contributed by atoms with van der Waals surface area (Å²) in [6.45, 7) is 4.34. The second kappa shape index (κ2) is 4.31. The number of aromatic nitrogens is 3. The van der Waals surface area contributed by atoms with Gasteiger partial charge in [-0.2, -0.15) is 0 Å². The average Bonchev–Trinajstić information content (AvgIpc) is 2.67. The highest BCUT2D eigenvalue weighted by Gasteiger charge is 2.24. The highest BCUT2D eigenvalue weighted by molar-refractivity contribution is 5.00. The minimum atomic E-state index is 0.400. The summed E-state index contributed by atoms with van der Waals surface area (Å²) in [5, 5.41) is 8.28. The van der Waals surface area contributed by atoms with Gasteiger partial charge in [0.15, 0.2) is 0 Å². The third-order valence-electron chi connectivity index (χ3n) is 3.29. The number of nitrogens with zero attached hydrogens (tertiary/aromatic N) is 3. The first-order valence-corrected chi connectivity index (χ1v) is 5.83. The predicted octanol–water partition coefficient (Wildman–Crippen LogP) is 1.84. The van der Waals surface area contributed by atoms with E-state index in [1.807, 2.05) is 6.33 Å². The number of hydrogen-bond donors (Lipinski definition) is 1. The van der Waals surface area contributed by atoms with Crippen molar-refractivity contribution in [1.82, 2.24) is 14.8 Å². The van der Waals surface area contributed by atoms with Crippen molar-refractivity contribution in [3.05, 3.63) is 12.2 Å². The van der Waals surface area contributed by atoms with Crippen LogP contribution in [0.2, 0.25) is 0 Å². The van der Waals surface area contributed by atoms with E-state index in [-0.39, 0.29) is 0 Å². The molecule has 0 unspecified atom stereocenters. The fourth-order valence-corrected chi connectivity index (χ4v) is 2.32. The van der Waals surface area contributed by atoms with Crippen LogP contribution >= 0.6 is 0 Å². The van der Waals surface area contributed by atoms with Gasteiger partial charge in [-0.05, 0) is 39.5 Å². The van der Waals surface area contributed by atoms with Gasteiger partial charge in [-0.15, -0.1) is 10.2 Å². The minimum absolute atomic E-state index is 0.400. The van der Waals surface area contributed by atoms with Crippen LogP contribution in [0.25, 0.3) is 0 Å². The smallest absolute Gasteiger partial charge is 0.136 e. The summed E-state index contributed by atoms with van der Waals surface area (Å²) in [6, 6.07) is 0.849.